The molecule has 1 heterocycles. The van der Waals surface area contributed by atoms with Gasteiger partial charge in [0.2, 0.25) is 0 Å². The summed E-state index contributed by atoms with van der Waals surface area (Å²) in [5, 5.41) is 9.28. The topological polar surface area (TPSA) is 37.3 Å². The molecule has 0 radical (unpaired) electrons. The first-order chi connectivity index (χ1) is 8.62. The second-order valence-electron chi connectivity index (χ2n) is 4.56. The van der Waals surface area contributed by atoms with Crippen LogP contribution < -0.4 is 0 Å². The van der Waals surface area contributed by atoms with Crippen molar-refractivity contribution < 1.29 is 9.90 Å². The van der Waals surface area contributed by atoms with Gasteiger partial charge in [-0.3, -0.25) is 4.79 Å². The van der Waals surface area contributed by atoms with Gasteiger partial charge in [-0.25, -0.2) is 0 Å². The zero-order valence-electron chi connectivity index (χ0n) is 9.52. The van der Waals surface area contributed by atoms with Gasteiger partial charge in [-0.1, -0.05) is 28.1 Å². The van der Waals surface area contributed by atoms with Gasteiger partial charge >= 0.3 is 5.97 Å². The fraction of sp³-hybridized carbons (Fsp3) is 0.214. The van der Waals surface area contributed by atoms with Crippen LogP contribution in [0.25, 0.3) is 10.4 Å². The van der Waals surface area contributed by atoms with E-state index in [-0.39, 0.29) is 0 Å². The van der Waals surface area contributed by atoms with Gasteiger partial charge < -0.3 is 5.11 Å². The Morgan fingerprint density at radius 3 is 2.67 bits per heavy atom. The summed E-state index contributed by atoms with van der Waals surface area (Å²) in [4.78, 5) is 13.4. The molecule has 1 saturated carbocycles. The molecule has 2 aromatic rings. The fourth-order valence-corrected chi connectivity index (χ4v) is 3.72. The highest BCUT2D eigenvalue weighted by molar-refractivity contribution is 9.10. The molecule has 0 unspecified atom stereocenters. The van der Waals surface area contributed by atoms with E-state index in [1.54, 1.807) is 11.3 Å². The summed E-state index contributed by atoms with van der Waals surface area (Å²) in [6.45, 7) is 0. The summed E-state index contributed by atoms with van der Waals surface area (Å²) in [5.41, 5.74) is 0.538. The van der Waals surface area contributed by atoms with Crippen molar-refractivity contribution >= 4 is 33.2 Å². The molecule has 18 heavy (non-hydrogen) atoms. The van der Waals surface area contributed by atoms with Crippen molar-refractivity contribution in [3.05, 3.63) is 45.7 Å². The predicted octanol–water partition coefficient (Wildman–Crippen LogP) is 4.29. The number of hydrogen-bond donors (Lipinski definition) is 1. The van der Waals surface area contributed by atoms with Gasteiger partial charge in [0.05, 0.1) is 0 Å². The van der Waals surface area contributed by atoms with E-state index >= 15 is 0 Å². The quantitative estimate of drug-likeness (QED) is 0.915. The summed E-state index contributed by atoms with van der Waals surface area (Å²) in [6, 6.07) is 12.0. The minimum absolute atomic E-state index is 0.588. The number of thiophene rings is 1. The van der Waals surface area contributed by atoms with Crippen molar-refractivity contribution in [3.8, 4) is 10.4 Å². The van der Waals surface area contributed by atoms with E-state index < -0.39 is 11.4 Å². The van der Waals surface area contributed by atoms with E-state index in [4.69, 9.17) is 0 Å². The molecule has 0 saturated heterocycles. The van der Waals surface area contributed by atoms with Crippen LogP contribution in [0.2, 0.25) is 0 Å². The van der Waals surface area contributed by atoms with E-state index in [9.17, 15) is 9.90 Å². The summed E-state index contributed by atoms with van der Waals surface area (Å²) in [7, 11) is 0. The van der Waals surface area contributed by atoms with Crippen LogP contribution in [0.5, 0.6) is 0 Å². The lowest BCUT2D eigenvalue weighted by Gasteiger charge is -2.05. The molecule has 0 amide bonds. The molecule has 2 nitrogen and oxygen atoms in total. The molecule has 1 aliphatic rings. The van der Waals surface area contributed by atoms with Crippen molar-refractivity contribution in [1.82, 2.24) is 0 Å². The van der Waals surface area contributed by atoms with E-state index in [1.165, 1.54) is 0 Å². The number of rotatable bonds is 3. The maximum atomic E-state index is 11.3. The third-order valence-electron chi connectivity index (χ3n) is 3.35. The zero-order chi connectivity index (χ0) is 12.8. The van der Waals surface area contributed by atoms with E-state index in [0.29, 0.717) is 0 Å². The number of carboxylic acids is 1. The highest BCUT2D eigenvalue weighted by Gasteiger charge is 2.52. The SMILES string of the molecule is O=C(O)C1(c2ccc(-c3cccc(Br)c3)s2)CC1. The predicted molar refractivity (Wildman–Crippen MR) is 76.0 cm³/mol. The van der Waals surface area contributed by atoms with Crippen molar-refractivity contribution in [3.63, 3.8) is 0 Å². The molecule has 1 aromatic carbocycles. The normalized spacial score (nSPS) is 16.5. The van der Waals surface area contributed by atoms with Gasteiger partial charge in [0, 0.05) is 14.2 Å². The number of benzene rings is 1. The van der Waals surface area contributed by atoms with Crippen LogP contribution in [0.15, 0.2) is 40.9 Å². The second-order valence-corrected chi connectivity index (χ2v) is 6.56. The van der Waals surface area contributed by atoms with Gasteiger partial charge in [-0.15, -0.1) is 11.3 Å². The van der Waals surface area contributed by atoms with Crippen molar-refractivity contribution in [2.45, 2.75) is 18.3 Å². The lowest BCUT2D eigenvalue weighted by molar-refractivity contribution is -0.139. The molecule has 4 heteroatoms. The Labute approximate surface area is 117 Å². The minimum Gasteiger partial charge on any atom is -0.481 e. The highest BCUT2D eigenvalue weighted by Crippen LogP contribution is 2.51. The zero-order valence-corrected chi connectivity index (χ0v) is 11.9. The molecule has 0 aliphatic heterocycles. The molecule has 1 aromatic heterocycles. The van der Waals surface area contributed by atoms with Gasteiger partial charge in [0.25, 0.3) is 0 Å². The Hall–Kier alpha value is -1.13. The Balaban J connectivity index is 1.98. The standard InChI is InChI=1S/C14H11BrO2S/c15-10-3-1-2-9(8-10)11-4-5-12(18-11)14(6-7-14)13(16)17/h1-5,8H,6-7H2,(H,16,17). The number of hydrogen-bond acceptors (Lipinski definition) is 2. The maximum absolute atomic E-state index is 11.3. The third-order valence-corrected chi connectivity index (χ3v) is 5.18. The van der Waals surface area contributed by atoms with Crippen molar-refractivity contribution in [2.75, 3.05) is 0 Å². The smallest absolute Gasteiger partial charge is 0.314 e. The summed E-state index contributed by atoms with van der Waals surface area (Å²) >= 11 is 5.04. The first kappa shape index (κ1) is 11.9. The summed E-state index contributed by atoms with van der Waals surface area (Å²) in [6.07, 6.45) is 1.53. The first-order valence-electron chi connectivity index (χ1n) is 5.71. The number of halogens is 1. The van der Waals surface area contributed by atoms with Gasteiger partial charge in [0.15, 0.2) is 0 Å². The third kappa shape index (κ3) is 1.89. The molecular weight excluding hydrogens is 312 g/mol. The molecular formula is C14H11BrO2S. The van der Waals surface area contributed by atoms with Crippen molar-refractivity contribution in [1.29, 1.82) is 0 Å². The summed E-state index contributed by atoms with van der Waals surface area (Å²) < 4.78 is 1.04. The molecule has 0 spiro atoms. The van der Waals surface area contributed by atoms with E-state index in [1.807, 2.05) is 30.3 Å². The number of aliphatic carboxylic acids is 1. The largest absolute Gasteiger partial charge is 0.481 e. The van der Waals surface area contributed by atoms with Crippen LogP contribution in [0.3, 0.4) is 0 Å². The molecule has 1 aliphatic carbocycles. The number of carbonyl (C=O) groups is 1. The molecule has 0 atom stereocenters. The van der Waals surface area contributed by atoms with Gasteiger partial charge in [-0.2, -0.15) is 0 Å². The van der Waals surface area contributed by atoms with Crippen LogP contribution in [-0.4, -0.2) is 11.1 Å². The lowest BCUT2D eigenvalue weighted by Crippen LogP contribution is -2.17. The Bertz CT molecular complexity index is 614. The van der Waals surface area contributed by atoms with Crippen LogP contribution in [-0.2, 0) is 10.2 Å². The number of carboxylic acid groups (broad SMARTS) is 1. The minimum atomic E-state index is -0.690. The molecule has 1 fully saturated rings. The Morgan fingerprint density at radius 1 is 1.28 bits per heavy atom. The fourth-order valence-electron chi connectivity index (χ4n) is 2.08. The van der Waals surface area contributed by atoms with Crippen LogP contribution in [0.4, 0.5) is 0 Å². The second kappa shape index (κ2) is 4.21. The maximum Gasteiger partial charge on any atom is 0.314 e. The average molecular weight is 323 g/mol. The first-order valence-corrected chi connectivity index (χ1v) is 7.32. The van der Waals surface area contributed by atoms with Gasteiger partial charge in [-0.05, 0) is 42.7 Å². The van der Waals surface area contributed by atoms with Gasteiger partial charge in [0.1, 0.15) is 5.41 Å². The molecule has 0 bridgehead atoms. The van der Waals surface area contributed by atoms with E-state index in [2.05, 4.69) is 22.0 Å². The Kier molecular flexibility index (Phi) is 2.79. The van der Waals surface area contributed by atoms with Crippen molar-refractivity contribution in [2.24, 2.45) is 0 Å². The summed E-state index contributed by atoms with van der Waals surface area (Å²) in [5.74, 6) is -0.690. The van der Waals surface area contributed by atoms with Crippen LogP contribution in [0, 0.1) is 0 Å². The van der Waals surface area contributed by atoms with Crippen LogP contribution >= 0.6 is 27.3 Å². The average Bonchev–Trinajstić information content (AvgIpc) is 3.01. The monoisotopic (exact) mass is 322 g/mol. The van der Waals surface area contributed by atoms with E-state index in [0.717, 1.165) is 32.6 Å². The highest BCUT2D eigenvalue weighted by atomic mass is 79.9. The lowest BCUT2D eigenvalue weighted by atomic mass is 10.1. The van der Waals surface area contributed by atoms with Crippen LogP contribution in [0.1, 0.15) is 17.7 Å². The molecule has 1 N–H and O–H groups in total. The molecule has 92 valence electrons. The Morgan fingerprint density at radius 2 is 2.06 bits per heavy atom. The molecule has 3 rings (SSSR count).